The van der Waals surface area contributed by atoms with Gasteiger partial charge in [0.05, 0.1) is 0 Å². The van der Waals surface area contributed by atoms with Crippen molar-refractivity contribution in [3.8, 4) is 0 Å². The maximum absolute atomic E-state index is 10.7. The molecular formula is C19H30N4O2. The lowest BCUT2D eigenvalue weighted by atomic mass is 9.97. The van der Waals surface area contributed by atoms with Gasteiger partial charge in [-0.3, -0.25) is 9.69 Å². The van der Waals surface area contributed by atoms with Crippen LogP contribution in [0.25, 0.3) is 0 Å². The Hall–Kier alpha value is -1.66. The van der Waals surface area contributed by atoms with Crippen molar-refractivity contribution in [2.45, 2.75) is 25.7 Å². The van der Waals surface area contributed by atoms with E-state index in [-0.39, 0.29) is 6.42 Å². The first-order chi connectivity index (χ1) is 12.2. The number of hydrogen-bond acceptors (Lipinski definition) is 5. The second-order valence-corrected chi connectivity index (χ2v) is 7.28. The lowest BCUT2D eigenvalue weighted by Crippen LogP contribution is -2.49. The van der Waals surface area contributed by atoms with Crippen LogP contribution in [0.15, 0.2) is 24.4 Å². The number of carboxylic acid groups (broad SMARTS) is 1. The number of piperazine rings is 1. The van der Waals surface area contributed by atoms with Crippen molar-refractivity contribution in [2.75, 3.05) is 57.3 Å². The summed E-state index contributed by atoms with van der Waals surface area (Å²) in [5, 5.41) is 8.78. The van der Waals surface area contributed by atoms with Gasteiger partial charge in [0.15, 0.2) is 0 Å². The van der Waals surface area contributed by atoms with Crippen LogP contribution in [0, 0.1) is 5.92 Å². The van der Waals surface area contributed by atoms with Gasteiger partial charge in [-0.2, -0.15) is 0 Å². The number of pyridine rings is 1. The number of piperidine rings is 1. The molecule has 2 fully saturated rings. The van der Waals surface area contributed by atoms with E-state index >= 15 is 0 Å². The van der Waals surface area contributed by atoms with Gasteiger partial charge in [-0.25, -0.2) is 4.98 Å². The third-order valence-corrected chi connectivity index (χ3v) is 5.33. The van der Waals surface area contributed by atoms with Crippen molar-refractivity contribution < 1.29 is 9.90 Å². The van der Waals surface area contributed by atoms with E-state index in [1.165, 1.54) is 19.4 Å². The molecular weight excluding hydrogens is 316 g/mol. The number of rotatable bonds is 7. The summed E-state index contributed by atoms with van der Waals surface area (Å²) in [6.45, 7) is 8.65. The smallest absolute Gasteiger partial charge is 0.303 e. The molecule has 3 rings (SSSR count). The highest BCUT2D eigenvalue weighted by molar-refractivity contribution is 5.66. The fourth-order valence-corrected chi connectivity index (χ4v) is 4.02. The number of aliphatic carboxylic acids is 1. The minimum absolute atomic E-state index is 0.288. The molecule has 2 aliphatic rings. The van der Waals surface area contributed by atoms with E-state index in [1.54, 1.807) is 0 Å². The van der Waals surface area contributed by atoms with E-state index in [0.29, 0.717) is 0 Å². The fraction of sp³-hybridized carbons (Fsp3) is 0.684. The molecule has 0 bridgehead atoms. The SMILES string of the molecule is O=C(O)CCCN1CCC[C@H](CN2CCN(c3ccccn3)CC2)C1. The predicted octanol–water partition coefficient (Wildman–Crippen LogP) is 1.78. The highest BCUT2D eigenvalue weighted by Crippen LogP contribution is 2.20. The first-order valence-corrected chi connectivity index (χ1v) is 9.53. The second-order valence-electron chi connectivity index (χ2n) is 7.28. The van der Waals surface area contributed by atoms with Crippen molar-refractivity contribution >= 4 is 11.8 Å². The molecule has 1 aromatic rings. The van der Waals surface area contributed by atoms with E-state index in [4.69, 9.17) is 5.11 Å². The number of likely N-dealkylation sites (tertiary alicyclic amines) is 1. The molecule has 0 spiro atoms. The van der Waals surface area contributed by atoms with Gasteiger partial charge in [-0.1, -0.05) is 6.07 Å². The topological polar surface area (TPSA) is 59.9 Å². The molecule has 25 heavy (non-hydrogen) atoms. The van der Waals surface area contributed by atoms with Gasteiger partial charge in [0, 0.05) is 51.9 Å². The van der Waals surface area contributed by atoms with Gasteiger partial charge in [0.25, 0.3) is 0 Å². The van der Waals surface area contributed by atoms with Gasteiger partial charge in [-0.15, -0.1) is 0 Å². The minimum Gasteiger partial charge on any atom is -0.481 e. The molecule has 0 aromatic carbocycles. The standard InChI is InChI=1S/C19H30N4O2/c24-19(25)7-4-10-21-9-3-5-17(15-21)16-22-11-13-23(14-12-22)18-6-1-2-8-20-18/h1-2,6,8,17H,3-5,7,9-16H2,(H,24,25)/t17-/m0/s1. The van der Waals surface area contributed by atoms with Gasteiger partial charge >= 0.3 is 5.97 Å². The summed E-state index contributed by atoms with van der Waals surface area (Å²) in [4.78, 5) is 22.5. The molecule has 6 nitrogen and oxygen atoms in total. The van der Waals surface area contributed by atoms with Crippen molar-refractivity contribution in [1.82, 2.24) is 14.8 Å². The van der Waals surface area contributed by atoms with E-state index in [9.17, 15) is 4.79 Å². The van der Waals surface area contributed by atoms with E-state index in [0.717, 1.165) is 64.0 Å². The Bertz CT molecular complexity index is 531. The van der Waals surface area contributed by atoms with Crippen molar-refractivity contribution in [2.24, 2.45) is 5.92 Å². The fourth-order valence-electron chi connectivity index (χ4n) is 4.02. The van der Waals surface area contributed by atoms with Crippen molar-refractivity contribution in [1.29, 1.82) is 0 Å². The van der Waals surface area contributed by atoms with Crippen molar-refractivity contribution in [3.63, 3.8) is 0 Å². The van der Waals surface area contributed by atoms with E-state index < -0.39 is 5.97 Å². The molecule has 0 amide bonds. The summed E-state index contributed by atoms with van der Waals surface area (Å²) >= 11 is 0. The van der Waals surface area contributed by atoms with Crippen LogP contribution in [0.1, 0.15) is 25.7 Å². The summed E-state index contributed by atoms with van der Waals surface area (Å²) in [7, 11) is 0. The van der Waals surface area contributed by atoms with Gasteiger partial charge in [0.1, 0.15) is 5.82 Å². The number of aromatic nitrogens is 1. The molecule has 6 heteroatoms. The average molecular weight is 346 g/mol. The van der Waals surface area contributed by atoms with Crippen LogP contribution >= 0.6 is 0 Å². The molecule has 3 heterocycles. The number of nitrogens with zero attached hydrogens (tertiary/aromatic N) is 4. The molecule has 1 aromatic heterocycles. The van der Waals surface area contributed by atoms with Crippen molar-refractivity contribution in [3.05, 3.63) is 24.4 Å². The Morgan fingerprint density at radius 1 is 1.16 bits per heavy atom. The summed E-state index contributed by atoms with van der Waals surface area (Å²) < 4.78 is 0. The predicted molar refractivity (Wildman–Crippen MR) is 98.9 cm³/mol. The van der Waals surface area contributed by atoms with Crippen LogP contribution in [0.4, 0.5) is 5.82 Å². The lowest BCUT2D eigenvalue weighted by molar-refractivity contribution is -0.137. The highest BCUT2D eigenvalue weighted by atomic mass is 16.4. The summed E-state index contributed by atoms with van der Waals surface area (Å²) in [6.07, 6.45) is 5.46. The Morgan fingerprint density at radius 3 is 2.72 bits per heavy atom. The van der Waals surface area contributed by atoms with Crippen LogP contribution in [-0.4, -0.2) is 78.2 Å². The van der Waals surface area contributed by atoms with E-state index in [1.807, 2.05) is 12.3 Å². The largest absolute Gasteiger partial charge is 0.481 e. The van der Waals surface area contributed by atoms with Crippen LogP contribution in [0.3, 0.4) is 0 Å². The summed E-state index contributed by atoms with van der Waals surface area (Å²) in [6, 6.07) is 6.10. The molecule has 138 valence electrons. The molecule has 0 unspecified atom stereocenters. The second kappa shape index (κ2) is 9.15. The Balaban J connectivity index is 1.39. The van der Waals surface area contributed by atoms with Crippen LogP contribution < -0.4 is 4.90 Å². The highest BCUT2D eigenvalue weighted by Gasteiger charge is 2.24. The first-order valence-electron chi connectivity index (χ1n) is 9.53. The zero-order valence-corrected chi connectivity index (χ0v) is 15.0. The number of hydrogen-bond donors (Lipinski definition) is 1. The molecule has 1 atom stereocenters. The molecule has 0 aliphatic carbocycles. The summed E-state index contributed by atoms with van der Waals surface area (Å²) in [5.74, 6) is 1.13. The lowest BCUT2D eigenvalue weighted by Gasteiger charge is -2.39. The maximum atomic E-state index is 10.7. The molecule has 1 N–H and O–H groups in total. The average Bonchev–Trinajstić information content (AvgIpc) is 2.63. The van der Waals surface area contributed by atoms with Crippen LogP contribution in [-0.2, 0) is 4.79 Å². The summed E-state index contributed by atoms with van der Waals surface area (Å²) in [5.41, 5.74) is 0. The normalized spacial score (nSPS) is 22.9. The zero-order valence-electron chi connectivity index (χ0n) is 15.0. The maximum Gasteiger partial charge on any atom is 0.303 e. The molecule has 0 radical (unpaired) electrons. The third-order valence-electron chi connectivity index (χ3n) is 5.33. The Labute approximate surface area is 150 Å². The quantitative estimate of drug-likeness (QED) is 0.812. The van der Waals surface area contributed by atoms with E-state index in [2.05, 4.69) is 31.8 Å². The minimum atomic E-state index is -0.681. The molecule has 2 aliphatic heterocycles. The van der Waals surface area contributed by atoms with Gasteiger partial charge in [-0.05, 0) is 50.4 Å². The van der Waals surface area contributed by atoms with Crippen LogP contribution in [0.2, 0.25) is 0 Å². The van der Waals surface area contributed by atoms with Crippen LogP contribution in [0.5, 0.6) is 0 Å². The van der Waals surface area contributed by atoms with Gasteiger partial charge < -0.3 is 14.9 Å². The number of carbonyl (C=O) groups is 1. The molecule has 0 saturated carbocycles. The van der Waals surface area contributed by atoms with Gasteiger partial charge in [0.2, 0.25) is 0 Å². The monoisotopic (exact) mass is 346 g/mol. The Morgan fingerprint density at radius 2 is 2.00 bits per heavy atom. The Kier molecular flexibility index (Phi) is 6.64. The first kappa shape index (κ1) is 18.1. The third kappa shape index (κ3) is 5.68. The number of anilines is 1. The number of carboxylic acids is 1. The molecule has 2 saturated heterocycles. The zero-order chi connectivity index (χ0) is 17.5.